The Hall–Kier alpha value is -3.75. The van der Waals surface area contributed by atoms with E-state index in [1.165, 1.54) is 7.11 Å². The van der Waals surface area contributed by atoms with Crippen LogP contribution in [0.4, 0.5) is 10.5 Å². The average Bonchev–Trinajstić information content (AvgIpc) is 3.11. The predicted octanol–water partition coefficient (Wildman–Crippen LogP) is 5.91. The lowest BCUT2D eigenvalue weighted by Gasteiger charge is -2.13. The Morgan fingerprint density at radius 1 is 1.06 bits per heavy atom. The Balaban J connectivity index is 1.43. The van der Waals surface area contributed by atoms with Crippen LogP contribution in [0.1, 0.15) is 16.7 Å². The molecule has 0 radical (unpaired) electrons. The summed E-state index contributed by atoms with van der Waals surface area (Å²) in [5.74, 6) is -0.00342. The van der Waals surface area contributed by atoms with E-state index in [0.717, 1.165) is 27.8 Å². The monoisotopic (exact) mass is 522 g/mol. The summed E-state index contributed by atoms with van der Waals surface area (Å²) >= 11 is 6.98. The molecule has 7 nitrogen and oxygen atoms in total. The van der Waals surface area contributed by atoms with Crippen molar-refractivity contribution in [2.24, 2.45) is 0 Å². The minimum Gasteiger partial charge on any atom is -0.493 e. The van der Waals surface area contributed by atoms with Crippen LogP contribution in [0.25, 0.3) is 6.08 Å². The number of anilines is 1. The van der Waals surface area contributed by atoms with E-state index in [1.807, 2.05) is 37.3 Å². The molecule has 1 N–H and O–H groups in total. The van der Waals surface area contributed by atoms with Gasteiger partial charge in [-0.05, 0) is 66.2 Å². The highest BCUT2D eigenvalue weighted by Crippen LogP contribution is 2.35. The first-order chi connectivity index (χ1) is 17.3. The topological polar surface area (TPSA) is 84.9 Å². The molecule has 1 fully saturated rings. The summed E-state index contributed by atoms with van der Waals surface area (Å²) in [5, 5.41) is 2.82. The number of methoxy groups -OCH3 is 1. The Labute approximate surface area is 218 Å². The fourth-order valence-corrected chi connectivity index (χ4v) is 4.55. The maximum absolute atomic E-state index is 12.8. The lowest BCUT2D eigenvalue weighted by atomic mass is 10.1. The smallest absolute Gasteiger partial charge is 0.294 e. The second-order valence-electron chi connectivity index (χ2n) is 7.98. The third-order valence-corrected chi connectivity index (χ3v) is 6.58. The Morgan fingerprint density at radius 2 is 1.86 bits per heavy atom. The largest absolute Gasteiger partial charge is 0.493 e. The van der Waals surface area contributed by atoms with E-state index in [9.17, 15) is 14.4 Å². The molecule has 1 aliphatic rings. The number of carbonyl (C=O) groups excluding carboxylic acids is 3. The summed E-state index contributed by atoms with van der Waals surface area (Å²) in [5.41, 5.74) is 3.07. The number of ether oxygens (including phenoxy) is 2. The highest BCUT2D eigenvalue weighted by Gasteiger charge is 2.36. The molecule has 184 valence electrons. The van der Waals surface area contributed by atoms with E-state index in [1.54, 1.807) is 42.5 Å². The number of nitrogens with one attached hydrogen (secondary N) is 1. The molecule has 0 spiro atoms. The number of imide groups is 1. The first-order valence-electron chi connectivity index (χ1n) is 11.0. The van der Waals surface area contributed by atoms with E-state index in [0.29, 0.717) is 27.8 Å². The number of nitrogens with zero attached hydrogens (tertiary/aromatic N) is 1. The number of hydrogen-bond acceptors (Lipinski definition) is 6. The van der Waals surface area contributed by atoms with E-state index < -0.39 is 17.1 Å². The quantitative estimate of drug-likeness (QED) is 0.370. The molecule has 1 saturated heterocycles. The zero-order valence-corrected chi connectivity index (χ0v) is 21.2. The number of benzene rings is 3. The number of thioether (sulfide) groups is 1. The van der Waals surface area contributed by atoms with Gasteiger partial charge in [0.2, 0.25) is 5.91 Å². The van der Waals surface area contributed by atoms with Crippen LogP contribution in [0.5, 0.6) is 11.5 Å². The second kappa shape index (κ2) is 11.3. The molecule has 1 heterocycles. The van der Waals surface area contributed by atoms with Gasteiger partial charge >= 0.3 is 0 Å². The summed E-state index contributed by atoms with van der Waals surface area (Å²) in [6, 6.07) is 19.8. The summed E-state index contributed by atoms with van der Waals surface area (Å²) in [4.78, 5) is 38.9. The van der Waals surface area contributed by atoms with E-state index in [-0.39, 0.29) is 18.1 Å². The molecule has 3 amide bonds. The minimum atomic E-state index is -0.526. The first kappa shape index (κ1) is 25.3. The molecule has 3 aromatic carbocycles. The fraction of sp³-hybridized carbons (Fsp3) is 0.148. The minimum absolute atomic E-state index is 0.218. The van der Waals surface area contributed by atoms with Crippen molar-refractivity contribution in [1.82, 2.24) is 4.90 Å². The molecule has 9 heteroatoms. The van der Waals surface area contributed by atoms with Gasteiger partial charge in [0.25, 0.3) is 11.1 Å². The van der Waals surface area contributed by atoms with Crippen molar-refractivity contribution in [2.75, 3.05) is 19.0 Å². The lowest BCUT2D eigenvalue weighted by Crippen LogP contribution is -2.36. The van der Waals surface area contributed by atoms with Gasteiger partial charge in [-0.3, -0.25) is 19.3 Å². The van der Waals surface area contributed by atoms with Gasteiger partial charge in [-0.25, -0.2) is 0 Å². The van der Waals surface area contributed by atoms with Crippen LogP contribution in [-0.4, -0.2) is 35.6 Å². The normalized spacial score (nSPS) is 14.3. The van der Waals surface area contributed by atoms with Crippen LogP contribution in [0, 0.1) is 6.92 Å². The number of carbonyl (C=O) groups is 3. The number of rotatable bonds is 8. The van der Waals surface area contributed by atoms with Gasteiger partial charge in [0, 0.05) is 16.3 Å². The number of hydrogen-bond donors (Lipinski definition) is 1. The Morgan fingerprint density at radius 3 is 2.61 bits per heavy atom. The van der Waals surface area contributed by atoms with Gasteiger partial charge in [0.15, 0.2) is 11.5 Å². The maximum Gasteiger partial charge on any atom is 0.294 e. The summed E-state index contributed by atoms with van der Waals surface area (Å²) < 4.78 is 11.3. The van der Waals surface area contributed by atoms with Crippen molar-refractivity contribution in [3.05, 3.63) is 93.3 Å². The van der Waals surface area contributed by atoms with Crippen molar-refractivity contribution >= 4 is 52.2 Å². The number of aryl methyl sites for hydroxylation is 1. The van der Waals surface area contributed by atoms with Crippen LogP contribution < -0.4 is 14.8 Å². The zero-order chi connectivity index (χ0) is 25.7. The second-order valence-corrected chi connectivity index (χ2v) is 9.38. The maximum atomic E-state index is 12.8. The van der Waals surface area contributed by atoms with Crippen molar-refractivity contribution in [1.29, 1.82) is 0 Å². The Bertz CT molecular complexity index is 1360. The van der Waals surface area contributed by atoms with Gasteiger partial charge in [0.1, 0.15) is 13.2 Å². The van der Waals surface area contributed by atoms with Gasteiger partial charge in [0.05, 0.1) is 12.0 Å². The SMILES string of the molecule is COc1cc(/C=C2/SC(=O)N(CC(=O)Nc3cccc(C)c3)C2=O)ccc1OCc1ccccc1Cl. The molecular formula is C27H23ClN2O5S. The van der Waals surface area contributed by atoms with Crippen molar-refractivity contribution in [3.8, 4) is 11.5 Å². The molecule has 0 aliphatic carbocycles. The van der Waals surface area contributed by atoms with Crippen molar-refractivity contribution in [2.45, 2.75) is 13.5 Å². The number of halogens is 1. The summed E-state index contributed by atoms with van der Waals surface area (Å²) in [6.45, 7) is 1.80. The summed E-state index contributed by atoms with van der Waals surface area (Å²) in [7, 11) is 1.52. The molecule has 0 unspecified atom stereocenters. The molecule has 1 aliphatic heterocycles. The Kier molecular flexibility index (Phi) is 7.97. The van der Waals surface area contributed by atoms with E-state index in [2.05, 4.69) is 5.32 Å². The lowest BCUT2D eigenvalue weighted by molar-refractivity contribution is -0.127. The third kappa shape index (κ3) is 6.08. The first-order valence-corrected chi connectivity index (χ1v) is 12.2. The van der Waals surface area contributed by atoms with Gasteiger partial charge in [-0.2, -0.15) is 0 Å². The summed E-state index contributed by atoms with van der Waals surface area (Å²) in [6.07, 6.45) is 1.59. The zero-order valence-electron chi connectivity index (χ0n) is 19.6. The number of amides is 3. The van der Waals surface area contributed by atoms with Gasteiger partial charge < -0.3 is 14.8 Å². The standard InChI is InChI=1S/C27H23ClN2O5S/c1-17-6-5-8-20(12-17)29-25(31)15-30-26(32)24(36-27(30)33)14-18-10-11-22(23(13-18)34-2)35-16-19-7-3-4-9-21(19)28/h3-14H,15-16H2,1-2H3,(H,29,31)/b24-14+. The molecular weight excluding hydrogens is 500 g/mol. The molecule has 36 heavy (non-hydrogen) atoms. The van der Waals surface area contributed by atoms with Crippen molar-refractivity contribution in [3.63, 3.8) is 0 Å². The molecule has 0 aromatic heterocycles. The fourth-order valence-electron chi connectivity index (χ4n) is 3.52. The molecule has 0 atom stereocenters. The van der Waals surface area contributed by atoms with Crippen LogP contribution in [-0.2, 0) is 16.2 Å². The van der Waals surface area contributed by atoms with Crippen LogP contribution in [0.2, 0.25) is 5.02 Å². The molecule has 0 saturated carbocycles. The van der Waals surface area contributed by atoms with E-state index in [4.69, 9.17) is 21.1 Å². The molecule has 4 rings (SSSR count). The predicted molar refractivity (Wildman–Crippen MR) is 141 cm³/mol. The highest BCUT2D eigenvalue weighted by molar-refractivity contribution is 8.18. The van der Waals surface area contributed by atoms with Gasteiger partial charge in [-0.15, -0.1) is 0 Å². The van der Waals surface area contributed by atoms with Gasteiger partial charge in [-0.1, -0.05) is 48.0 Å². The van der Waals surface area contributed by atoms with Crippen molar-refractivity contribution < 1.29 is 23.9 Å². The third-order valence-electron chi connectivity index (χ3n) is 5.30. The van der Waals surface area contributed by atoms with Crippen LogP contribution in [0.15, 0.2) is 71.6 Å². The van der Waals surface area contributed by atoms with E-state index >= 15 is 0 Å². The highest BCUT2D eigenvalue weighted by atomic mass is 35.5. The van der Waals surface area contributed by atoms with Crippen LogP contribution in [0.3, 0.4) is 0 Å². The molecule has 0 bridgehead atoms. The van der Waals surface area contributed by atoms with Crippen LogP contribution >= 0.6 is 23.4 Å². The average molecular weight is 523 g/mol. The molecule has 3 aromatic rings.